The van der Waals surface area contributed by atoms with E-state index >= 15 is 0 Å². The number of hydrogen-bond donors (Lipinski definition) is 0. The molecule has 0 aromatic heterocycles. The summed E-state index contributed by atoms with van der Waals surface area (Å²) in [5.74, 6) is 0.0182. The van der Waals surface area contributed by atoms with Crippen molar-refractivity contribution >= 4 is 5.78 Å². The summed E-state index contributed by atoms with van der Waals surface area (Å²) in [4.78, 5) is 12.3. The Kier molecular flexibility index (Phi) is 4.44. The third kappa shape index (κ3) is 3.15. The zero-order valence-electron chi connectivity index (χ0n) is 11.1. The number of ketones is 1. The fourth-order valence-corrected chi connectivity index (χ4v) is 2.19. The zero-order valence-corrected chi connectivity index (χ0v) is 11.1. The molecule has 94 valence electrons. The van der Waals surface area contributed by atoms with Crippen molar-refractivity contribution in [2.45, 2.75) is 46.0 Å². The van der Waals surface area contributed by atoms with E-state index in [1.807, 2.05) is 20.8 Å². The molecule has 0 amide bonds. The second-order valence-corrected chi connectivity index (χ2v) is 5.19. The van der Waals surface area contributed by atoms with E-state index < -0.39 is 5.41 Å². The summed E-state index contributed by atoms with van der Waals surface area (Å²) in [6.07, 6.45) is 1.91. The Balaban J connectivity index is 2.93. The summed E-state index contributed by atoms with van der Waals surface area (Å²) in [7, 11) is 0. The summed E-state index contributed by atoms with van der Waals surface area (Å²) in [5.41, 5.74) is 0.342. The van der Waals surface area contributed by atoms with Crippen LogP contribution in [0.5, 0.6) is 0 Å². The summed E-state index contributed by atoms with van der Waals surface area (Å²) >= 11 is 0. The van der Waals surface area contributed by atoms with Crippen molar-refractivity contribution in [1.29, 1.82) is 0 Å². The van der Waals surface area contributed by atoms with Crippen molar-refractivity contribution in [3.8, 4) is 0 Å². The molecular formula is C15H21FO. The molecule has 0 bridgehead atoms. The van der Waals surface area contributed by atoms with E-state index in [-0.39, 0.29) is 17.5 Å². The lowest BCUT2D eigenvalue weighted by atomic mass is 9.75. The van der Waals surface area contributed by atoms with Gasteiger partial charge in [-0.25, -0.2) is 4.39 Å². The van der Waals surface area contributed by atoms with Gasteiger partial charge in [0.1, 0.15) is 11.6 Å². The standard InChI is InChI=1S/C15H21FO/c1-5-6-11(2)14(17)15(3,4)12-7-9-13(16)10-8-12/h7-11H,5-6H2,1-4H3. The Labute approximate surface area is 103 Å². The average molecular weight is 236 g/mol. The highest BCUT2D eigenvalue weighted by Crippen LogP contribution is 2.28. The summed E-state index contributed by atoms with van der Waals surface area (Å²) < 4.78 is 12.9. The van der Waals surface area contributed by atoms with Crippen LogP contribution in [0.25, 0.3) is 0 Å². The van der Waals surface area contributed by atoms with Crippen LogP contribution in [-0.2, 0) is 10.2 Å². The van der Waals surface area contributed by atoms with Crippen LogP contribution in [0.4, 0.5) is 4.39 Å². The van der Waals surface area contributed by atoms with Gasteiger partial charge in [0.25, 0.3) is 0 Å². The van der Waals surface area contributed by atoms with Crippen molar-refractivity contribution in [2.75, 3.05) is 0 Å². The largest absolute Gasteiger partial charge is 0.298 e. The maximum atomic E-state index is 12.9. The molecule has 1 aromatic carbocycles. The maximum Gasteiger partial charge on any atom is 0.145 e. The van der Waals surface area contributed by atoms with E-state index in [0.717, 1.165) is 18.4 Å². The number of Topliss-reactive ketones (excluding diaryl/α,β-unsaturated/α-hetero) is 1. The second kappa shape index (κ2) is 5.44. The first-order valence-electron chi connectivity index (χ1n) is 6.20. The molecule has 17 heavy (non-hydrogen) atoms. The van der Waals surface area contributed by atoms with E-state index in [9.17, 15) is 9.18 Å². The summed E-state index contributed by atoms with van der Waals surface area (Å²) in [6, 6.07) is 6.22. The second-order valence-electron chi connectivity index (χ2n) is 5.19. The first-order valence-corrected chi connectivity index (χ1v) is 6.20. The first kappa shape index (κ1) is 13.9. The molecule has 0 heterocycles. The molecule has 2 heteroatoms. The van der Waals surface area contributed by atoms with E-state index in [2.05, 4.69) is 6.92 Å². The van der Waals surface area contributed by atoms with Crippen LogP contribution in [0, 0.1) is 11.7 Å². The van der Waals surface area contributed by atoms with E-state index in [1.165, 1.54) is 12.1 Å². The third-order valence-corrected chi connectivity index (χ3v) is 3.35. The van der Waals surface area contributed by atoms with Crippen molar-refractivity contribution in [3.63, 3.8) is 0 Å². The lowest BCUT2D eigenvalue weighted by molar-refractivity contribution is -0.127. The third-order valence-electron chi connectivity index (χ3n) is 3.35. The quantitative estimate of drug-likeness (QED) is 0.752. The molecular weight excluding hydrogens is 215 g/mol. The van der Waals surface area contributed by atoms with Gasteiger partial charge in [-0.3, -0.25) is 4.79 Å². The number of rotatable bonds is 5. The van der Waals surface area contributed by atoms with Gasteiger partial charge in [-0.2, -0.15) is 0 Å². The number of carbonyl (C=O) groups excluding carboxylic acids is 1. The maximum absolute atomic E-state index is 12.9. The van der Waals surface area contributed by atoms with Gasteiger partial charge in [0, 0.05) is 11.3 Å². The van der Waals surface area contributed by atoms with Gasteiger partial charge in [0.05, 0.1) is 0 Å². The average Bonchev–Trinajstić information content (AvgIpc) is 2.29. The van der Waals surface area contributed by atoms with Crippen molar-refractivity contribution in [1.82, 2.24) is 0 Å². The first-order chi connectivity index (χ1) is 7.89. The SMILES string of the molecule is CCCC(C)C(=O)C(C)(C)c1ccc(F)cc1. The van der Waals surface area contributed by atoms with Gasteiger partial charge < -0.3 is 0 Å². The van der Waals surface area contributed by atoms with Crippen LogP contribution in [-0.4, -0.2) is 5.78 Å². The van der Waals surface area contributed by atoms with E-state index in [4.69, 9.17) is 0 Å². The number of benzene rings is 1. The fourth-order valence-electron chi connectivity index (χ4n) is 2.19. The molecule has 1 nitrogen and oxygen atoms in total. The molecule has 0 N–H and O–H groups in total. The molecule has 1 aromatic rings. The van der Waals surface area contributed by atoms with Crippen LogP contribution in [0.3, 0.4) is 0 Å². The molecule has 0 aliphatic carbocycles. The molecule has 0 aliphatic rings. The van der Waals surface area contributed by atoms with Crippen LogP contribution < -0.4 is 0 Å². The van der Waals surface area contributed by atoms with Crippen molar-refractivity contribution in [2.24, 2.45) is 5.92 Å². The van der Waals surface area contributed by atoms with E-state index in [1.54, 1.807) is 12.1 Å². The highest BCUT2D eigenvalue weighted by molar-refractivity contribution is 5.90. The molecule has 0 aliphatic heterocycles. The molecule has 1 unspecified atom stereocenters. The molecule has 1 atom stereocenters. The van der Waals surface area contributed by atoms with Gasteiger partial charge in [-0.15, -0.1) is 0 Å². The predicted octanol–water partition coefficient (Wildman–Crippen LogP) is 4.11. The van der Waals surface area contributed by atoms with Crippen LogP contribution >= 0.6 is 0 Å². The zero-order chi connectivity index (χ0) is 13.1. The predicted molar refractivity (Wildman–Crippen MR) is 68.5 cm³/mol. The number of carbonyl (C=O) groups is 1. The van der Waals surface area contributed by atoms with Crippen molar-refractivity contribution < 1.29 is 9.18 Å². The molecule has 1 rings (SSSR count). The van der Waals surface area contributed by atoms with Crippen molar-refractivity contribution in [3.05, 3.63) is 35.6 Å². The Morgan fingerprint density at radius 2 is 1.82 bits per heavy atom. The van der Waals surface area contributed by atoms with Crippen LogP contribution in [0.15, 0.2) is 24.3 Å². The van der Waals surface area contributed by atoms with Gasteiger partial charge in [0.15, 0.2) is 0 Å². The van der Waals surface area contributed by atoms with Gasteiger partial charge in [-0.1, -0.05) is 32.4 Å². The molecule has 0 spiro atoms. The minimum absolute atomic E-state index is 0.0556. The summed E-state index contributed by atoms with van der Waals surface area (Å²) in [6.45, 7) is 7.87. The normalized spacial score (nSPS) is 13.5. The van der Waals surface area contributed by atoms with Crippen LogP contribution in [0.1, 0.15) is 46.1 Å². The highest BCUT2D eigenvalue weighted by atomic mass is 19.1. The van der Waals surface area contributed by atoms with Gasteiger partial charge in [-0.05, 0) is 38.0 Å². The van der Waals surface area contributed by atoms with Crippen LogP contribution in [0.2, 0.25) is 0 Å². The topological polar surface area (TPSA) is 17.1 Å². The Hall–Kier alpha value is -1.18. The highest BCUT2D eigenvalue weighted by Gasteiger charge is 2.32. The lowest BCUT2D eigenvalue weighted by Crippen LogP contribution is -2.33. The van der Waals surface area contributed by atoms with Gasteiger partial charge >= 0.3 is 0 Å². The Bertz CT molecular complexity index is 378. The Morgan fingerprint density at radius 1 is 1.29 bits per heavy atom. The summed E-state index contributed by atoms with van der Waals surface area (Å²) in [5, 5.41) is 0. The minimum atomic E-state index is -0.539. The monoisotopic (exact) mass is 236 g/mol. The van der Waals surface area contributed by atoms with Gasteiger partial charge in [0.2, 0.25) is 0 Å². The molecule has 0 fully saturated rings. The molecule has 0 radical (unpaired) electrons. The van der Waals surface area contributed by atoms with E-state index in [0.29, 0.717) is 0 Å². The molecule has 0 saturated heterocycles. The number of hydrogen-bond acceptors (Lipinski definition) is 1. The minimum Gasteiger partial charge on any atom is -0.298 e. The lowest BCUT2D eigenvalue weighted by Gasteiger charge is -2.27. The number of halogens is 1. The Morgan fingerprint density at radius 3 is 2.29 bits per heavy atom. The molecule has 0 saturated carbocycles. The smallest absolute Gasteiger partial charge is 0.145 e. The fraction of sp³-hybridized carbons (Fsp3) is 0.533.